The summed E-state index contributed by atoms with van der Waals surface area (Å²) in [5.41, 5.74) is 4.05. The summed E-state index contributed by atoms with van der Waals surface area (Å²) in [5.74, 6) is 0.605. The van der Waals surface area contributed by atoms with Crippen LogP contribution >= 0.6 is 0 Å². The number of carbonyl (C=O) groups excluding carboxylic acids is 1. The molecule has 0 bridgehead atoms. The third-order valence-corrected chi connectivity index (χ3v) is 4.51. The van der Waals surface area contributed by atoms with Crippen LogP contribution in [0.4, 0.5) is 0 Å². The van der Waals surface area contributed by atoms with Crippen LogP contribution in [0.15, 0.2) is 60.7 Å². The Balaban J connectivity index is 1.72. The van der Waals surface area contributed by atoms with Crippen molar-refractivity contribution in [1.29, 1.82) is 0 Å². The molecule has 0 fully saturated rings. The number of hydrogen-bond acceptors (Lipinski definition) is 3. The Hall–Kier alpha value is -2.55. The minimum absolute atomic E-state index is 0.182. The molecule has 0 atom stereocenters. The monoisotopic (exact) mass is 394 g/mol. The molecule has 29 heavy (non-hydrogen) atoms. The highest BCUT2D eigenvalue weighted by molar-refractivity contribution is 5.86. The highest BCUT2D eigenvalue weighted by Gasteiger charge is 2.11. The molecule has 0 saturated carbocycles. The van der Waals surface area contributed by atoms with Crippen molar-refractivity contribution in [3.05, 3.63) is 66.2 Å². The van der Waals surface area contributed by atoms with Crippen molar-refractivity contribution in [2.75, 3.05) is 6.61 Å². The van der Waals surface area contributed by atoms with Crippen LogP contribution in [0.25, 0.3) is 11.1 Å². The van der Waals surface area contributed by atoms with Gasteiger partial charge in [0.1, 0.15) is 11.4 Å². The van der Waals surface area contributed by atoms with Gasteiger partial charge in [-0.05, 0) is 75.8 Å². The fourth-order valence-electron chi connectivity index (χ4n) is 3.01. The lowest BCUT2D eigenvalue weighted by Crippen LogP contribution is -2.22. The molecule has 0 unspecified atom stereocenters. The average Bonchev–Trinajstić information content (AvgIpc) is 2.67. The van der Waals surface area contributed by atoms with Crippen molar-refractivity contribution in [2.45, 2.75) is 65.4 Å². The van der Waals surface area contributed by atoms with E-state index in [1.807, 2.05) is 12.1 Å². The van der Waals surface area contributed by atoms with E-state index in [0.717, 1.165) is 37.9 Å². The van der Waals surface area contributed by atoms with Gasteiger partial charge in [-0.25, -0.2) is 4.79 Å². The van der Waals surface area contributed by atoms with Crippen LogP contribution in [0.5, 0.6) is 5.75 Å². The molecule has 3 heteroatoms. The number of rotatable bonds is 10. The predicted molar refractivity (Wildman–Crippen MR) is 120 cm³/mol. The third kappa shape index (κ3) is 8.55. The predicted octanol–water partition coefficient (Wildman–Crippen LogP) is 6.75. The average molecular weight is 395 g/mol. The van der Waals surface area contributed by atoms with Crippen molar-refractivity contribution >= 4 is 5.97 Å². The van der Waals surface area contributed by atoms with Crippen molar-refractivity contribution < 1.29 is 14.3 Å². The smallest absolute Gasteiger partial charge is 0.333 e. The fraction of sp³-hybridized carbons (Fsp3) is 0.423. The molecule has 156 valence electrons. The maximum absolute atomic E-state index is 11.3. The van der Waals surface area contributed by atoms with Crippen LogP contribution in [0.2, 0.25) is 0 Å². The Bertz CT molecular complexity index is 780. The first-order chi connectivity index (χ1) is 13.7. The van der Waals surface area contributed by atoms with E-state index in [1.54, 1.807) is 6.92 Å². The molecule has 0 saturated heterocycles. The van der Waals surface area contributed by atoms with E-state index in [-0.39, 0.29) is 11.6 Å². The first-order valence-electron chi connectivity index (χ1n) is 10.5. The highest BCUT2D eigenvalue weighted by Crippen LogP contribution is 2.25. The maximum atomic E-state index is 11.3. The summed E-state index contributed by atoms with van der Waals surface area (Å²) in [6.45, 7) is 11.9. The Morgan fingerprint density at radius 2 is 1.41 bits per heavy atom. The van der Waals surface area contributed by atoms with Crippen LogP contribution in [-0.2, 0) is 16.0 Å². The molecule has 0 aromatic heterocycles. The van der Waals surface area contributed by atoms with Gasteiger partial charge in [-0.1, -0.05) is 55.8 Å². The highest BCUT2D eigenvalue weighted by atomic mass is 16.5. The second-order valence-electron chi connectivity index (χ2n) is 8.52. The van der Waals surface area contributed by atoms with Crippen LogP contribution in [0, 0.1) is 0 Å². The number of carbonyl (C=O) groups is 1. The number of ether oxygens (including phenoxy) is 2. The van der Waals surface area contributed by atoms with Gasteiger partial charge in [0.05, 0.1) is 6.61 Å². The van der Waals surface area contributed by atoms with Gasteiger partial charge < -0.3 is 9.47 Å². The summed E-state index contributed by atoms with van der Waals surface area (Å²) in [6, 6.07) is 17.1. The standard InChI is InChI=1S/C26H34O3/c1-20(2)25(27)28-19-9-7-6-8-10-21-11-13-22(14-12-21)23-15-17-24(18-16-23)29-26(3,4)5/h11-18H,1,6-10,19H2,2-5H3. The minimum Gasteiger partial charge on any atom is -0.488 e. The van der Waals surface area contributed by atoms with Gasteiger partial charge in [0.15, 0.2) is 0 Å². The lowest BCUT2D eigenvalue weighted by Gasteiger charge is -2.21. The molecular formula is C26H34O3. The van der Waals surface area contributed by atoms with Crippen LogP contribution in [0.3, 0.4) is 0 Å². The van der Waals surface area contributed by atoms with E-state index in [9.17, 15) is 4.79 Å². The minimum atomic E-state index is -0.290. The molecule has 2 rings (SSSR count). The summed E-state index contributed by atoms with van der Waals surface area (Å²) in [6.07, 6.45) is 5.34. The Morgan fingerprint density at radius 3 is 1.97 bits per heavy atom. The van der Waals surface area contributed by atoms with Crippen LogP contribution in [0.1, 0.15) is 58.9 Å². The number of aryl methyl sites for hydroxylation is 1. The summed E-state index contributed by atoms with van der Waals surface area (Å²) in [7, 11) is 0. The molecule has 0 amide bonds. The van der Waals surface area contributed by atoms with Gasteiger partial charge in [0.2, 0.25) is 0 Å². The second kappa shape index (κ2) is 10.8. The second-order valence-corrected chi connectivity index (χ2v) is 8.52. The zero-order chi connectivity index (χ0) is 21.3. The molecule has 0 aliphatic carbocycles. The van der Waals surface area contributed by atoms with Gasteiger partial charge in [-0.3, -0.25) is 0 Å². The number of hydrogen-bond donors (Lipinski definition) is 0. The van der Waals surface area contributed by atoms with Crippen molar-refractivity contribution in [3.8, 4) is 16.9 Å². The van der Waals surface area contributed by atoms with E-state index in [2.05, 4.69) is 63.7 Å². The lowest BCUT2D eigenvalue weighted by atomic mass is 10.0. The van der Waals surface area contributed by atoms with Crippen molar-refractivity contribution in [3.63, 3.8) is 0 Å². The molecule has 2 aromatic carbocycles. The number of unbranched alkanes of at least 4 members (excludes halogenated alkanes) is 3. The van der Waals surface area contributed by atoms with Gasteiger partial charge in [0, 0.05) is 5.57 Å². The van der Waals surface area contributed by atoms with E-state index >= 15 is 0 Å². The number of esters is 1. The lowest BCUT2D eigenvalue weighted by molar-refractivity contribution is -0.139. The number of benzene rings is 2. The molecule has 0 spiro atoms. The molecule has 0 aliphatic heterocycles. The molecule has 0 radical (unpaired) electrons. The van der Waals surface area contributed by atoms with E-state index in [1.165, 1.54) is 16.7 Å². The Morgan fingerprint density at radius 1 is 0.862 bits per heavy atom. The molecule has 0 heterocycles. The van der Waals surface area contributed by atoms with Gasteiger partial charge in [-0.2, -0.15) is 0 Å². The van der Waals surface area contributed by atoms with Gasteiger partial charge >= 0.3 is 5.97 Å². The first-order valence-corrected chi connectivity index (χ1v) is 10.5. The molecule has 3 nitrogen and oxygen atoms in total. The zero-order valence-electron chi connectivity index (χ0n) is 18.3. The summed E-state index contributed by atoms with van der Waals surface area (Å²) in [4.78, 5) is 11.3. The van der Waals surface area contributed by atoms with Crippen LogP contribution in [-0.4, -0.2) is 18.2 Å². The van der Waals surface area contributed by atoms with Crippen molar-refractivity contribution in [1.82, 2.24) is 0 Å². The van der Waals surface area contributed by atoms with Crippen molar-refractivity contribution in [2.24, 2.45) is 0 Å². The Kier molecular flexibility index (Phi) is 8.50. The fourth-order valence-corrected chi connectivity index (χ4v) is 3.01. The Labute approximate surface area is 175 Å². The quantitative estimate of drug-likeness (QED) is 0.254. The maximum Gasteiger partial charge on any atom is 0.333 e. The molecule has 0 N–H and O–H groups in total. The summed E-state index contributed by atoms with van der Waals surface area (Å²) in [5, 5.41) is 0. The van der Waals surface area contributed by atoms with Gasteiger partial charge in [-0.15, -0.1) is 0 Å². The van der Waals surface area contributed by atoms with Gasteiger partial charge in [0.25, 0.3) is 0 Å². The summed E-state index contributed by atoms with van der Waals surface area (Å²) < 4.78 is 11.0. The summed E-state index contributed by atoms with van der Waals surface area (Å²) >= 11 is 0. The molecule has 2 aromatic rings. The normalized spacial score (nSPS) is 11.2. The van der Waals surface area contributed by atoms with E-state index < -0.39 is 0 Å². The SMILES string of the molecule is C=C(C)C(=O)OCCCCCCc1ccc(-c2ccc(OC(C)(C)C)cc2)cc1. The van der Waals surface area contributed by atoms with E-state index in [0.29, 0.717) is 12.2 Å². The largest absolute Gasteiger partial charge is 0.488 e. The zero-order valence-corrected chi connectivity index (χ0v) is 18.3. The van der Waals surface area contributed by atoms with Crippen LogP contribution < -0.4 is 4.74 Å². The first kappa shape index (κ1) is 22.7. The third-order valence-electron chi connectivity index (χ3n) is 4.51. The molecular weight excluding hydrogens is 360 g/mol. The topological polar surface area (TPSA) is 35.5 Å². The van der Waals surface area contributed by atoms with E-state index in [4.69, 9.17) is 9.47 Å². The molecule has 0 aliphatic rings.